The summed E-state index contributed by atoms with van der Waals surface area (Å²) in [4.78, 5) is 32.6. The molecule has 3 N–H and O–H groups in total. The summed E-state index contributed by atoms with van der Waals surface area (Å²) in [5, 5.41) is 18.8. The molecule has 0 bridgehead atoms. The minimum absolute atomic E-state index is 0.486. The lowest BCUT2D eigenvalue weighted by atomic mass is 10.1. The van der Waals surface area contributed by atoms with Crippen LogP contribution in [0.15, 0.2) is 12.1 Å². The van der Waals surface area contributed by atoms with Crippen LogP contribution in [0.5, 0.6) is 0 Å². The van der Waals surface area contributed by atoms with Crippen molar-refractivity contribution in [3.8, 4) is 0 Å². The quantitative estimate of drug-likeness (QED) is 0.695. The first kappa shape index (κ1) is 15.5. The van der Waals surface area contributed by atoms with Gasteiger partial charge in [-0.05, 0) is 12.1 Å². The molecule has 0 saturated carbocycles. The number of aliphatic carboxylic acids is 2. The maximum atomic E-state index is 13.3. The van der Waals surface area contributed by atoms with Crippen LogP contribution in [0.4, 0.5) is 13.2 Å². The molecular formula is C11H8F3NO5. The second kappa shape index (κ2) is 6.04. The second-order valence-corrected chi connectivity index (χ2v) is 3.69. The number of hydrogen-bond donors (Lipinski definition) is 3. The van der Waals surface area contributed by atoms with Crippen LogP contribution >= 0.6 is 0 Å². The lowest BCUT2D eigenvalue weighted by Crippen LogP contribution is -2.42. The van der Waals surface area contributed by atoms with Crippen molar-refractivity contribution in [2.24, 2.45) is 0 Å². The summed E-state index contributed by atoms with van der Waals surface area (Å²) in [6.45, 7) is 0. The van der Waals surface area contributed by atoms with Crippen molar-refractivity contribution in [3.05, 3.63) is 35.1 Å². The van der Waals surface area contributed by atoms with Crippen LogP contribution in [0.1, 0.15) is 16.8 Å². The van der Waals surface area contributed by atoms with Gasteiger partial charge < -0.3 is 15.5 Å². The van der Waals surface area contributed by atoms with E-state index < -0.39 is 53.3 Å². The van der Waals surface area contributed by atoms with Gasteiger partial charge in [0.25, 0.3) is 5.91 Å². The number of benzene rings is 1. The highest BCUT2D eigenvalue weighted by atomic mass is 19.2. The van der Waals surface area contributed by atoms with E-state index in [-0.39, 0.29) is 0 Å². The molecule has 1 atom stereocenters. The topological polar surface area (TPSA) is 104 Å². The van der Waals surface area contributed by atoms with Crippen LogP contribution in [-0.2, 0) is 9.59 Å². The summed E-state index contributed by atoms with van der Waals surface area (Å²) in [5.41, 5.74) is -0.930. The first-order chi connectivity index (χ1) is 9.23. The Labute approximate surface area is 109 Å². The molecule has 0 aliphatic heterocycles. The van der Waals surface area contributed by atoms with Crippen LogP contribution in [0.2, 0.25) is 0 Å². The molecule has 1 aromatic rings. The van der Waals surface area contributed by atoms with Gasteiger partial charge in [-0.15, -0.1) is 0 Å². The molecule has 20 heavy (non-hydrogen) atoms. The van der Waals surface area contributed by atoms with Crippen LogP contribution in [-0.4, -0.2) is 34.1 Å². The van der Waals surface area contributed by atoms with Crippen LogP contribution in [0, 0.1) is 17.5 Å². The highest BCUT2D eigenvalue weighted by Gasteiger charge is 2.26. The third-order valence-electron chi connectivity index (χ3n) is 2.26. The van der Waals surface area contributed by atoms with Gasteiger partial charge in [-0.2, -0.15) is 0 Å². The van der Waals surface area contributed by atoms with E-state index in [4.69, 9.17) is 10.2 Å². The van der Waals surface area contributed by atoms with Gasteiger partial charge >= 0.3 is 11.9 Å². The number of nitrogens with one attached hydrogen (secondary N) is 1. The molecule has 0 spiro atoms. The van der Waals surface area contributed by atoms with Gasteiger partial charge in [-0.1, -0.05) is 0 Å². The Hall–Kier alpha value is -2.58. The normalized spacial score (nSPS) is 11.8. The van der Waals surface area contributed by atoms with E-state index >= 15 is 0 Å². The highest BCUT2D eigenvalue weighted by Crippen LogP contribution is 2.15. The molecular weight excluding hydrogens is 283 g/mol. The fraction of sp³-hybridized carbons (Fsp3) is 0.182. The standard InChI is InChI=1S/C11H8F3NO5/c12-5-2-1-4(8(13)9(5)14)10(18)15-6(11(19)20)3-7(16)17/h1-2,6H,3H2,(H,15,18)(H,16,17)(H,19,20)/t6-/m0/s1. The molecule has 0 fully saturated rings. The van der Waals surface area contributed by atoms with Crippen molar-refractivity contribution in [1.82, 2.24) is 5.32 Å². The number of carboxylic acids is 2. The predicted molar refractivity (Wildman–Crippen MR) is 57.5 cm³/mol. The molecule has 0 saturated heterocycles. The molecule has 0 aliphatic carbocycles. The average Bonchev–Trinajstić information content (AvgIpc) is 2.34. The van der Waals surface area contributed by atoms with Gasteiger partial charge in [0, 0.05) is 0 Å². The first-order valence-corrected chi connectivity index (χ1v) is 5.13. The average molecular weight is 291 g/mol. The third kappa shape index (κ3) is 3.46. The van der Waals surface area contributed by atoms with E-state index in [9.17, 15) is 27.6 Å². The van der Waals surface area contributed by atoms with Crippen molar-refractivity contribution in [3.63, 3.8) is 0 Å². The van der Waals surface area contributed by atoms with Crippen LogP contribution in [0.25, 0.3) is 0 Å². The van der Waals surface area contributed by atoms with E-state index in [0.29, 0.717) is 12.1 Å². The van der Waals surface area contributed by atoms with E-state index in [1.165, 1.54) is 0 Å². The number of rotatable bonds is 5. The molecule has 9 heteroatoms. The van der Waals surface area contributed by atoms with Gasteiger partial charge in [0.05, 0.1) is 12.0 Å². The zero-order chi connectivity index (χ0) is 15.4. The van der Waals surface area contributed by atoms with E-state index in [1.807, 2.05) is 0 Å². The molecule has 1 aromatic carbocycles. The Morgan fingerprint density at radius 3 is 2.20 bits per heavy atom. The monoisotopic (exact) mass is 291 g/mol. The Kier molecular flexibility index (Phi) is 4.68. The van der Waals surface area contributed by atoms with Crippen LogP contribution < -0.4 is 5.32 Å². The van der Waals surface area contributed by atoms with Crippen molar-refractivity contribution >= 4 is 17.8 Å². The van der Waals surface area contributed by atoms with Gasteiger partial charge in [-0.3, -0.25) is 9.59 Å². The number of amides is 1. The Morgan fingerprint density at radius 2 is 1.70 bits per heavy atom. The first-order valence-electron chi connectivity index (χ1n) is 5.13. The van der Waals surface area contributed by atoms with Crippen LogP contribution in [0.3, 0.4) is 0 Å². The van der Waals surface area contributed by atoms with E-state index in [2.05, 4.69) is 0 Å². The number of carboxylic acid groups (broad SMARTS) is 2. The summed E-state index contributed by atoms with van der Waals surface area (Å²) in [6, 6.07) is -0.726. The molecule has 108 valence electrons. The Balaban J connectivity index is 2.98. The summed E-state index contributed by atoms with van der Waals surface area (Å²) >= 11 is 0. The SMILES string of the molecule is O=C(O)C[C@H](NC(=O)c1ccc(F)c(F)c1F)C(=O)O. The number of hydrogen-bond acceptors (Lipinski definition) is 3. The summed E-state index contributed by atoms with van der Waals surface area (Å²) in [5.74, 6) is -9.73. The van der Waals surface area contributed by atoms with Gasteiger partial charge in [-0.25, -0.2) is 18.0 Å². The highest BCUT2D eigenvalue weighted by molar-refractivity contribution is 5.97. The Bertz CT molecular complexity index is 575. The molecule has 0 heterocycles. The minimum atomic E-state index is -1.89. The maximum absolute atomic E-state index is 13.3. The number of carbonyl (C=O) groups is 3. The Morgan fingerprint density at radius 1 is 1.10 bits per heavy atom. The van der Waals surface area contributed by atoms with E-state index in [0.717, 1.165) is 0 Å². The van der Waals surface area contributed by atoms with E-state index in [1.54, 1.807) is 5.32 Å². The second-order valence-electron chi connectivity index (χ2n) is 3.69. The zero-order valence-corrected chi connectivity index (χ0v) is 9.69. The molecule has 1 rings (SSSR count). The number of carbonyl (C=O) groups excluding carboxylic acids is 1. The lowest BCUT2D eigenvalue weighted by Gasteiger charge is -2.12. The molecule has 6 nitrogen and oxygen atoms in total. The predicted octanol–water partition coefficient (Wildman–Crippen LogP) is 0.762. The van der Waals surface area contributed by atoms with Gasteiger partial charge in [0.15, 0.2) is 17.5 Å². The van der Waals surface area contributed by atoms with Crippen molar-refractivity contribution in [2.45, 2.75) is 12.5 Å². The maximum Gasteiger partial charge on any atom is 0.326 e. The fourth-order valence-corrected chi connectivity index (χ4v) is 1.31. The van der Waals surface area contributed by atoms with Crippen molar-refractivity contribution in [1.29, 1.82) is 0 Å². The smallest absolute Gasteiger partial charge is 0.326 e. The third-order valence-corrected chi connectivity index (χ3v) is 2.26. The van der Waals surface area contributed by atoms with Gasteiger partial charge in [0.1, 0.15) is 6.04 Å². The summed E-state index contributed by atoms with van der Waals surface area (Å²) in [6.07, 6.45) is -0.952. The summed E-state index contributed by atoms with van der Waals surface area (Å²) in [7, 11) is 0. The molecule has 0 aliphatic rings. The molecule has 0 unspecified atom stereocenters. The van der Waals surface area contributed by atoms with Crippen molar-refractivity contribution in [2.75, 3.05) is 0 Å². The minimum Gasteiger partial charge on any atom is -0.481 e. The largest absolute Gasteiger partial charge is 0.481 e. The van der Waals surface area contributed by atoms with Gasteiger partial charge in [0.2, 0.25) is 0 Å². The molecule has 1 amide bonds. The van der Waals surface area contributed by atoms with Crippen molar-refractivity contribution < 1.29 is 37.8 Å². The molecule has 0 radical (unpaired) electrons. The fourth-order valence-electron chi connectivity index (χ4n) is 1.31. The zero-order valence-electron chi connectivity index (χ0n) is 9.69. The number of halogens is 3. The lowest BCUT2D eigenvalue weighted by molar-refractivity contribution is -0.145. The summed E-state index contributed by atoms with van der Waals surface area (Å²) < 4.78 is 38.9. The molecule has 0 aromatic heterocycles.